The van der Waals surface area contributed by atoms with Crippen LogP contribution in [0.4, 0.5) is 4.79 Å². The van der Waals surface area contributed by atoms with Gasteiger partial charge in [0.15, 0.2) is 0 Å². The van der Waals surface area contributed by atoms with Crippen LogP contribution in [0.15, 0.2) is 0 Å². The van der Waals surface area contributed by atoms with Crippen molar-refractivity contribution in [3.8, 4) is 0 Å². The van der Waals surface area contributed by atoms with E-state index in [0.29, 0.717) is 37.1 Å². The van der Waals surface area contributed by atoms with Crippen molar-refractivity contribution in [1.82, 2.24) is 10.2 Å². The molecule has 0 unspecified atom stereocenters. The molecule has 0 aromatic rings. The number of amides is 2. The first-order chi connectivity index (χ1) is 8.63. The molecule has 0 bridgehead atoms. The summed E-state index contributed by atoms with van der Waals surface area (Å²) in [4.78, 5) is 14.3. The Morgan fingerprint density at radius 1 is 1.44 bits per heavy atom. The van der Waals surface area contributed by atoms with Crippen LogP contribution in [0.5, 0.6) is 0 Å². The van der Waals surface area contributed by atoms with Crippen LogP contribution < -0.4 is 11.1 Å². The van der Waals surface area contributed by atoms with Crippen LogP contribution in [-0.4, -0.2) is 48.8 Å². The van der Waals surface area contributed by atoms with Gasteiger partial charge in [0.05, 0.1) is 11.6 Å². The van der Waals surface area contributed by atoms with Gasteiger partial charge in [0.1, 0.15) is 0 Å². The van der Waals surface area contributed by atoms with E-state index in [-0.39, 0.29) is 6.03 Å². The molecule has 0 radical (unpaired) electrons. The molecule has 2 amide bonds. The van der Waals surface area contributed by atoms with E-state index in [9.17, 15) is 4.79 Å². The fourth-order valence-electron chi connectivity index (χ4n) is 2.10. The predicted molar refractivity (Wildman–Crippen MR) is 75.6 cm³/mol. The molecule has 1 saturated carbocycles. The highest BCUT2D eigenvalue weighted by atomic mass is 32.1. The molecule has 1 fully saturated rings. The number of ether oxygens (including phenoxy) is 1. The van der Waals surface area contributed by atoms with Crippen molar-refractivity contribution in [2.24, 2.45) is 5.73 Å². The van der Waals surface area contributed by atoms with E-state index in [4.69, 9.17) is 22.7 Å². The van der Waals surface area contributed by atoms with Crippen LogP contribution in [0.1, 0.15) is 32.1 Å². The van der Waals surface area contributed by atoms with Gasteiger partial charge < -0.3 is 20.7 Å². The van der Waals surface area contributed by atoms with Gasteiger partial charge in [-0.2, -0.15) is 0 Å². The summed E-state index contributed by atoms with van der Waals surface area (Å²) in [5, 5.41) is 3.06. The number of thiocarbonyl (C=S) groups is 1. The van der Waals surface area contributed by atoms with E-state index in [0.717, 1.165) is 12.8 Å². The molecule has 0 spiro atoms. The monoisotopic (exact) mass is 273 g/mol. The van der Waals surface area contributed by atoms with Gasteiger partial charge in [-0.3, -0.25) is 0 Å². The number of nitrogens with two attached hydrogens (primary N) is 1. The molecule has 18 heavy (non-hydrogen) atoms. The van der Waals surface area contributed by atoms with Gasteiger partial charge in [0.2, 0.25) is 0 Å². The van der Waals surface area contributed by atoms with Gasteiger partial charge in [0, 0.05) is 32.7 Å². The first-order valence-corrected chi connectivity index (χ1v) is 6.87. The highest BCUT2D eigenvalue weighted by Crippen LogP contribution is 2.17. The SMILES string of the molecule is COCCN(CCC(N)=S)C(=O)NC1CCCC1. The number of nitrogens with one attached hydrogen (secondary N) is 1. The van der Waals surface area contributed by atoms with Crippen LogP contribution in [0.3, 0.4) is 0 Å². The zero-order valence-electron chi connectivity index (χ0n) is 11.0. The van der Waals surface area contributed by atoms with Gasteiger partial charge in [0.25, 0.3) is 0 Å². The smallest absolute Gasteiger partial charge is 0.317 e. The number of carbonyl (C=O) groups is 1. The Labute approximate surface area is 114 Å². The molecule has 1 aliphatic carbocycles. The summed E-state index contributed by atoms with van der Waals surface area (Å²) in [5.41, 5.74) is 5.47. The third-order valence-corrected chi connectivity index (χ3v) is 3.37. The molecule has 6 heteroatoms. The van der Waals surface area contributed by atoms with Crippen molar-refractivity contribution in [3.63, 3.8) is 0 Å². The minimum absolute atomic E-state index is 0.0322. The second-order valence-corrected chi connectivity index (χ2v) is 5.15. The summed E-state index contributed by atoms with van der Waals surface area (Å²) >= 11 is 4.84. The van der Waals surface area contributed by atoms with Crippen molar-refractivity contribution in [2.45, 2.75) is 38.1 Å². The summed E-state index contributed by atoms with van der Waals surface area (Å²) < 4.78 is 5.01. The van der Waals surface area contributed by atoms with E-state index >= 15 is 0 Å². The van der Waals surface area contributed by atoms with Crippen LogP contribution in [0, 0.1) is 0 Å². The molecule has 0 heterocycles. The Hall–Kier alpha value is -0.880. The fraction of sp³-hybridized carbons (Fsp3) is 0.833. The number of urea groups is 1. The van der Waals surface area contributed by atoms with Crippen molar-refractivity contribution in [3.05, 3.63) is 0 Å². The molecule has 0 atom stereocenters. The number of carbonyl (C=O) groups excluding carboxylic acids is 1. The van der Waals surface area contributed by atoms with Crippen molar-refractivity contribution < 1.29 is 9.53 Å². The third-order valence-electron chi connectivity index (χ3n) is 3.16. The number of nitrogens with zero attached hydrogens (tertiary/aromatic N) is 1. The van der Waals surface area contributed by atoms with Gasteiger partial charge in [-0.1, -0.05) is 25.1 Å². The topological polar surface area (TPSA) is 67.6 Å². The average molecular weight is 273 g/mol. The molecule has 1 rings (SSSR count). The maximum atomic E-state index is 12.1. The van der Waals surface area contributed by atoms with Crippen molar-refractivity contribution in [2.75, 3.05) is 26.8 Å². The molecule has 0 aromatic carbocycles. The number of rotatable bonds is 7. The molecular weight excluding hydrogens is 250 g/mol. The van der Waals surface area contributed by atoms with E-state index in [1.54, 1.807) is 12.0 Å². The highest BCUT2D eigenvalue weighted by Gasteiger charge is 2.20. The van der Waals surface area contributed by atoms with Gasteiger partial charge in [-0.05, 0) is 12.8 Å². The predicted octanol–water partition coefficient (Wildman–Crippen LogP) is 1.26. The maximum Gasteiger partial charge on any atom is 0.317 e. The minimum Gasteiger partial charge on any atom is -0.393 e. The Kier molecular flexibility index (Phi) is 6.97. The second-order valence-electron chi connectivity index (χ2n) is 4.63. The summed E-state index contributed by atoms with van der Waals surface area (Å²) in [6.07, 6.45) is 5.13. The standard InChI is InChI=1S/C12H23N3O2S/c1-17-9-8-15(7-6-11(13)18)12(16)14-10-4-2-3-5-10/h10H,2-9H2,1H3,(H2,13,18)(H,14,16). The van der Waals surface area contributed by atoms with E-state index in [1.165, 1.54) is 12.8 Å². The summed E-state index contributed by atoms with van der Waals surface area (Å²) in [7, 11) is 1.63. The van der Waals surface area contributed by atoms with Crippen LogP contribution in [0.25, 0.3) is 0 Å². The van der Waals surface area contributed by atoms with Crippen LogP contribution >= 0.6 is 12.2 Å². The molecule has 0 aliphatic heterocycles. The first kappa shape index (κ1) is 15.2. The summed E-state index contributed by atoms with van der Waals surface area (Å²) in [6.45, 7) is 1.64. The fourth-order valence-corrected chi connectivity index (χ4v) is 2.19. The second kappa shape index (κ2) is 8.26. The van der Waals surface area contributed by atoms with Gasteiger partial charge >= 0.3 is 6.03 Å². The molecule has 104 valence electrons. The van der Waals surface area contributed by atoms with Gasteiger partial charge in [-0.15, -0.1) is 0 Å². The normalized spacial score (nSPS) is 15.6. The lowest BCUT2D eigenvalue weighted by Crippen LogP contribution is -2.46. The molecule has 0 saturated heterocycles. The van der Waals surface area contributed by atoms with E-state index in [2.05, 4.69) is 5.32 Å². The quantitative estimate of drug-likeness (QED) is 0.685. The van der Waals surface area contributed by atoms with Crippen molar-refractivity contribution >= 4 is 23.2 Å². The first-order valence-electron chi connectivity index (χ1n) is 6.46. The lowest BCUT2D eigenvalue weighted by molar-refractivity contribution is 0.149. The lowest BCUT2D eigenvalue weighted by Gasteiger charge is -2.24. The molecule has 1 aliphatic rings. The van der Waals surface area contributed by atoms with Crippen LogP contribution in [0.2, 0.25) is 0 Å². The average Bonchev–Trinajstić information content (AvgIpc) is 2.81. The Morgan fingerprint density at radius 3 is 2.67 bits per heavy atom. The minimum atomic E-state index is -0.0322. The molecule has 0 aromatic heterocycles. The lowest BCUT2D eigenvalue weighted by atomic mass is 10.2. The van der Waals surface area contributed by atoms with Crippen LogP contribution in [-0.2, 0) is 4.74 Å². The van der Waals surface area contributed by atoms with Crippen molar-refractivity contribution in [1.29, 1.82) is 0 Å². The molecule has 3 N–H and O–H groups in total. The summed E-state index contributed by atoms with van der Waals surface area (Å²) in [6, 6.07) is 0.294. The number of methoxy groups -OCH3 is 1. The Balaban J connectivity index is 2.40. The third kappa shape index (κ3) is 5.64. The Bertz CT molecular complexity index is 280. The van der Waals surface area contributed by atoms with E-state index < -0.39 is 0 Å². The highest BCUT2D eigenvalue weighted by molar-refractivity contribution is 7.80. The number of hydrogen-bond donors (Lipinski definition) is 2. The zero-order chi connectivity index (χ0) is 13.4. The zero-order valence-corrected chi connectivity index (χ0v) is 11.8. The summed E-state index contributed by atoms with van der Waals surface area (Å²) in [5.74, 6) is 0. The largest absolute Gasteiger partial charge is 0.393 e. The van der Waals surface area contributed by atoms with E-state index in [1.807, 2.05) is 0 Å². The molecule has 5 nitrogen and oxygen atoms in total. The Morgan fingerprint density at radius 2 is 2.11 bits per heavy atom. The van der Waals surface area contributed by atoms with Gasteiger partial charge in [-0.25, -0.2) is 4.79 Å². The molecular formula is C12H23N3O2S. The maximum absolute atomic E-state index is 12.1. The number of hydrogen-bond acceptors (Lipinski definition) is 3.